The first-order valence-corrected chi connectivity index (χ1v) is 6.46. The topological polar surface area (TPSA) is 45.5 Å². The molecule has 1 atom stereocenters. The molecule has 1 rings (SSSR count). The third-order valence-corrected chi connectivity index (χ3v) is 2.80. The van der Waals surface area contributed by atoms with Crippen molar-refractivity contribution in [3.8, 4) is 0 Å². The maximum Gasteiger partial charge on any atom is 0.239 e. The summed E-state index contributed by atoms with van der Waals surface area (Å²) in [6.45, 7) is 4.70. The standard InChI is InChI=1S/C13H21ClN2O2/c1-9(2)7-11(13(17)16(3)4)15-8-10-5-6-12(14)18-10/h5-6,9,11,15H,7-8H2,1-4H3. The van der Waals surface area contributed by atoms with Gasteiger partial charge in [0.25, 0.3) is 0 Å². The van der Waals surface area contributed by atoms with Crippen molar-refractivity contribution >= 4 is 17.5 Å². The zero-order chi connectivity index (χ0) is 13.7. The SMILES string of the molecule is CC(C)CC(NCc1ccc(Cl)o1)C(=O)N(C)C. The van der Waals surface area contributed by atoms with Gasteiger partial charge in [-0.3, -0.25) is 10.1 Å². The average molecular weight is 273 g/mol. The zero-order valence-corrected chi connectivity index (χ0v) is 12.1. The van der Waals surface area contributed by atoms with Gasteiger partial charge in [0.05, 0.1) is 12.6 Å². The molecule has 18 heavy (non-hydrogen) atoms. The molecule has 1 heterocycles. The van der Waals surface area contributed by atoms with Crippen LogP contribution in [0.5, 0.6) is 0 Å². The van der Waals surface area contributed by atoms with Crippen LogP contribution in [-0.4, -0.2) is 30.9 Å². The van der Waals surface area contributed by atoms with Crippen LogP contribution >= 0.6 is 11.6 Å². The van der Waals surface area contributed by atoms with Gasteiger partial charge >= 0.3 is 0 Å². The van der Waals surface area contributed by atoms with Gasteiger partial charge in [0.1, 0.15) is 5.76 Å². The highest BCUT2D eigenvalue weighted by molar-refractivity contribution is 6.28. The largest absolute Gasteiger partial charge is 0.448 e. The first-order chi connectivity index (χ1) is 8.40. The molecule has 5 heteroatoms. The van der Waals surface area contributed by atoms with Gasteiger partial charge in [0.15, 0.2) is 5.22 Å². The Kier molecular flexibility index (Phi) is 5.69. The molecule has 0 radical (unpaired) electrons. The maximum atomic E-state index is 12.0. The van der Waals surface area contributed by atoms with Crippen LogP contribution < -0.4 is 5.32 Å². The number of furan rings is 1. The molecular weight excluding hydrogens is 252 g/mol. The van der Waals surface area contributed by atoms with Crippen LogP contribution in [0.1, 0.15) is 26.0 Å². The summed E-state index contributed by atoms with van der Waals surface area (Å²) in [5.41, 5.74) is 0. The second-order valence-electron chi connectivity index (χ2n) is 5.00. The molecule has 102 valence electrons. The minimum atomic E-state index is -0.191. The number of halogens is 1. The third kappa shape index (κ3) is 4.70. The van der Waals surface area contributed by atoms with Crippen molar-refractivity contribution in [1.29, 1.82) is 0 Å². The Balaban J connectivity index is 2.58. The van der Waals surface area contributed by atoms with Gasteiger partial charge in [-0.2, -0.15) is 0 Å². The van der Waals surface area contributed by atoms with E-state index in [-0.39, 0.29) is 11.9 Å². The summed E-state index contributed by atoms with van der Waals surface area (Å²) < 4.78 is 5.26. The lowest BCUT2D eigenvalue weighted by Gasteiger charge is -2.22. The number of likely N-dealkylation sites (N-methyl/N-ethyl adjacent to an activating group) is 1. The highest BCUT2D eigenvalue weighted by atomic mass is 35.5. The minimum absolute atomic E-state index is 0.0846. The summed E-state index contributed by atoms with van der Waals surface area (Å²) in [4.78, 5) is 13.6. The monoisotopic (exact) mass is 272 g/mol. The van der Waals surface area contributed by atoms with Gasteiger partial charge in [0.2, 0.25) is 5.91 Å². The van der Waals surface area contributed by atoms with Crippen LogP contribution in [0.3, 0.4) is 0 Å². The van der Waals surface area contributed by atoms with Crippen molar-refractivity contribution < 1.29 is 9.21 Å². The molecule has 0 saturated carbocycles. The molecule has 1 N–H and O–H groups in total. The highest BCUT2D eigenvalue weighted by Gasteiger charge is 2.21. The molecule has 0 aliphatic heterocycles. The number of carbonyl (C=O) groups excluding carboxylic acids is 1. The van der Waals surface area contributed by atoms with Crippen molar-refractivity contribution in [2.45, 2.75) is 32.9 Å². The number of carbonyl (C=O) groups is 1. The molecule has 0 fully saturated rings. The number of hydrogen-bond donors (Lipinski definition) is 1. The lowest BCUT2D eigenvalue weighted by molar-refractivity contribution is -0.131. The quantitative estimate of drug-likeness (QED) is 0.866. The summed E-state index contributed by atoms with van der Waals surface area (Å²) in [5.74, 6) is 1.27. The average Bonchev–Trinajstić information content (AvgIpc) is 2.68. The van der Waals surface area contributed by atoms with E-state index in [1.54, 1.807) is 25.1 Å². The fourth-order valence-corrected chi connectivity index (χ4v) is 1.89. The molecule has 1 aromatic heterocycles. The van der Waals surface area contributed by atoms with Crippen LogP contribution in [0.2, 0.25) is 5.22 Å². The van der Waals surface area contributed by atoms with E-state index >= 15 is 0 Å². The van der Waals surface area contributed by atoms with Crippen molar-refractivity contribution in [1.82, 2.24) is 10.2 Å². The number of hydrogen-bond acceptors (Lipinski definition) is 3. The molecule has 0 bridgehead atoms. The van der Waals surface area contributed by atoms with E-state index in [9.17, 15) is 4.79 Å². The Morgan fingerprint density at radius 2 is 2.11 bits per heavy atom. The van der Waals surface area contributed by atoms with E-state index in [1.165, 1.54) is 0 Å². The zero-order valence-electron chi connectivity index (χ0n) is 11.4. The minimum Gasteiger partial charge on any atom is -0.448 e. The first-order valence-electron chi connectivity index (χ1n) is 6.09. The fourth-order valence-electron chi connectivity index (χ4n) is 1.73. The molecule has 1 aromatic rings. The lowest BCUT2D eigenvalue weighted by Crippen LogP contribution is -2.44. The van der Waals surface area contributed by atoms with Crippen LogP contribution in [-0.2, 0) is 11.3 Å². The third-order valence-electron chi connectivity index (χ3n) is 2.60. The molecule has 1 unspecified atom stereocenters. The van der Waals surface area contributed by atoms with Gasteiger partial charge < -0.3 is 9.32 Å². The van der Waals surface area contributed by atoms with Gasteiger partial charge in [-0.1, -0.05) is 13.8 Å². The van der Waals surface area contributed by atoms with Crippen LogP contribution in [0.25, 0.3) is 0 Å². The molecule has 0 aliphatic carbocycles. The summed E-state index contributed by atoms with van der Waals surface area (Å²) in [5, 5.41) is 3.59. The Bertz CT molecular complexity index is 388. The van der Waals surface area contributed by atoms with E-state index in [0.29, 0.717) is 17.7 Å². The first kappa shape index (κ1) is 15.1. The maximum absolute atomic E-state index is 12.0. The number of nitrogens with one attached hydrogen (secondary N) is 1. The fraction of sp³-hybridized carbons (Fsp3) is 0.615. The second-order valence-corrected chi connectivity index (χ2v) is 5.37. The Hall–Kier alpha value is -1.00. The van der Waals surface area contributed by atoms with E-state index in [1.807, 2.05) is 6.07 Å². The van der Waals surface area contributed by atoms with Gasteiger partial charge in [0, 0.05) is 14.1 Å². The summed E-state index contributed by atoms with van der Waals surface area (Å²) in [6, 6.07) is 3.31. The molecule has 0 aromatic carbocycles. The Morgan fingerprint density at radius 1 is 1.44 bits per heavy atom. The molecule has 1 amide bonds. The molecular formula is C13H21ClN2O2. The van der Waals surface area contributed by atoms with Gasteiger partial charge in [-0.15, -0.1) is 0 Å². The van der Waals surface area contributed by atoms with Crippen LogP contribution in [0.15, 0.2) is 16.5 Å². The van der Waals surface area contributed by atoms with Crippen LogP contribution in [0, 0.1) is 5.92 Å². The van der Waals surface area contributed by atoms with Gasteiger partial charge in [-0.25, -0.2) is 0 Å². The molecule has 0 spiro atoms. The molecule has 0 saturated heterocycles. The number of nitrogens with zero attached hydrogens (tertiary/aromatic N) is 1. The van der Waals surface area contributed by atoms with Crippen molar-refractivity contribution in [2.75, 3.05) is 14.1 Å². The van der Waals surface area contributed by atoms with E-state index < -0.39 is 0 Å². The van der Waals surface area contributed by atoms with Crippen molar-refractivity contribution in [3.05, 3.63) is 23.1 Å². The second kappa shape index (κ2) is 6.81. The van der Waals surface area contributed by atoms with Crippen molar-refractivity contribution in [3.63, 3.8) is 0 Å². The number of rotatable bonds is 6. The molecule has 0 aliphatic rings. The van der Waals surface area contributed by atoms with E-state index in [2.05, 4.69) is 19.2 Å². The van der Waals surface area contributed by atoms with Crippen molar-refractivity contribution in [2.24, 2.45) is 5.92 Å². The predicted octanol–water partition coefficient (Wildman–Crippen LogP) is 2.53. The van der Waals surface area contributed by atoms with E-state index in [4.69, 9.17) is 16.0 Å². The summed E-state index contributed by atoms with van der Waals surface area (Å²) in [7, 11) is 3.53. The van der Waals surface area contributed by atoms with Crippen LogP contribution in [0.4, 0.5) is 0 Å². The Morgan fingerprint density at radius 3 is 2.56 bits per heavy atom. The Labute approximate surface area is 113 Å². The summed E-state index contributed by atoms with van der Waals surface area (Å²) in [6.07, 6.45) is 0.797. The van der Waals surface area contributed by atoms with Gasteiger partial charge in [-0.05, 0) is 36.1 Å². The smallest absolute Gasteiger partial charge is 0.239 e. The number of amides is 1. The highest BCUT2D eigenvalue weighted by Crippen LogP contribution is 2.14. The lowest BCUT2D eigenvalue weighted by atomic mass is 10.0. The molecule has 4 nitrogen and oxygen atoms in total. The van der Waals surface area contributed by atoms with E-state index in [0.717, 1.165) is 12.2 Å². The summed E-state index contributed by atoms with van der Waals surface area (Å²) >= 11 is 5.70. The predicted molar refractivity (Wildman–Crippen MR) is 72.5 cm³/mol. The normalized spacial score (nSPS) is 12.8.